The van der Waals surface area contributed by atoms with Gasteiger partial charge in [0.25, 0.3) is 11.5 Å². The van der Waals surface area contributed by atoms with E-state index in [0.717, 1.165) is 30.5 Å². The highest BCUT2D eigenvalue weighted by Gasteiger charge is 2.24. The smallest absolute Gasteiger partial charge is 0.261 e. The number of nitrogens with one attached hydrogen (secondary N) is 2. The Morgan fingerprint density at radius 2 is 2.07 bits per heavy atom. The lowest BCUT2D eigenvalue weighted by molar-refractivity contribution is 0.0939. The van der Waals surface area contributed by atoms with Crippen molar-refractivity contribution in [3.8, 4) is 0 Å². The zero-order valence-corrected chi connectivity index (χ0v) is 14.8. The number of hydrogen-bond acceptors (Lipinski definition) is 3. The van der Waals surface area contributed by atoms with E-state index in [2.05, 4.69) is 15.3 Å². The Kier molecular flexibility index (Phi) is 4.35. The number of aromatic nitrogens is 3. The van der Waals surface area contributed by atoms with Gasteiger partial charge in [0.1, 0.15) is 23.2 Å². The van der Waals surface area contributed by atoms with Gasteiger partial charge < -0.3 is 14.9 Å². The molecule has 27 heavy (non-hydrogen) atoms. The molecule has 7 heteroatoms. The number of aromatic amines is 1. The van der Waals surface area contributed by atoms with Crippen LogP contribution in [0.25, 0.3) is 0 Å². The first-order valence-electron chi connectivity index (χ1n) is 8.81. The standard InChI is InChI=1S/C20H19FN4O2/c1-25-10-9-22-18(25)17(12-5-7-14(21)8-6-12)24-20(27)15-11-13-3-2-4-16(13)23-19(15)26/h5-11,17H,2-4H2,1H3,(H,23,26)(H,24,27). The molecular weight excluding hydrogens is 347 g/mol. The monoisotopic (exact) mass is 366 g/mol. The summed E-state index contributed by atoms with van der Waals surface area (Å²) in [5, 5.41) is 2.88. The van der Waals surface area contributed by atoms with E-state index in [1.54, 1.807) is 35.2 Å². The van der Waals surface area contributed by atoms with Crippen LogP contribution in [0.4, 0.5) is 4.39 Å². The molecule has 0 fully saturated rings. The molecule has 1 aliphatic rings. The Morgan fingerprint density at radius 1 is 1.30 bits per heavy atom. The van der Waals surface area contributed by atoms with Crippen LogP contribution in [0.5, 0.6) is 0 Å². The van der Waals surface area contributed by atoms with Gasteiger partial charge in [-0.3, -0.25) is 9.59 Å². The van der Waals surface area contributed by atoms with Crippen LogP contribution in [0, 0.1) is 5.82 Å². The summed E-state index contributed by atoms with van der Waals surface area (Å²) in [6.45, 7) is 0. The maximum absolute atomic E-state index is 13.3. The zero-order valence-electron chi connectivity index (χ0n) is 14.8. The molecule has 1 unspecified atom stereocenters. The normalized spacial score (nSPS) is 14.0. The van der Waals surface area contributed by atoms with Gasteiger partial charge in [-0.2, -0.15) is 0 Å². The number of carbonyl (C=O) groups excluding carboxylic acids is 1. The number of fused-ring (bicyclic) bond motifs is 1. The topological polar surface area (TPSA) is 79.8 Å². The molecule has 1 aliphatic carbocycles. The number of aryl methyl sites for hydroxylation is 3. The number of rotatable bonds is 4. The number of carbonyl (C=O) groups is 1. The molecule has 2 heterocycles. The highest BCUT2D eigenvalue weighted by atomic mass is 19.1. The van der Waals surface area contributed by atoms with Crippen molar-refractivity contribution in [2.75, 3.05) is 0 Å². The second kappa shape index (κ2) is 6.83. The van der Waals surface area contributed by atoms with Gasteiger partial charge in [-0.15, -0.1) is 0 Å². The molecule has 2 N–H and O–H groups in total. The lowest BCUT2D eigenvalue weighted by Gasteiger charge is -2.19. The first-order valence-corrected chi connectivity index (χ1v) is 8.81. The maximum atomic E-state index is 13.3. The van der Waals surface area contributed by atoms with E-state index in [9.17, 15) is 14.0 Å². The minimum atomic E-state index is -0.606. The molecule has 6 nitrogen and oxygen atoms in total. The Balaban J connectivity index is 1.70. The molecule has 1 atom stereocenters. The van der Waals surface area contributed by atoms with E-state index in [4.69, 9.17) is 0 Å². The molecule has 0 aliphatic heterocycles. The van der Waals surface area contributed by atoms with E-state index in [1.165, 1.54) is 12.1 Å². The van der Waals surface area contributed by atoms with Crippen LogP contribution in [0.15, 0.2) is 47.5 Å². The zero-order chi connectivity index (χ0) is 19.0. The lowest BCUT2D eigenvalue weighted by Crippen LogP contribution is -2.35. The maximum Gasteiger partial charge on any atom is 0.261 e. The first-order chi connectivity index (χ1) is 13.0. The fourth-order valence-electron chi connectivity index (χ4n) is 3.50. The summed E-state index contributed by atoms with van der Waals surface area (Å²) < 4.78 is 15.1. The van der Waals surface area contributed by atoms with E-state index < -0.39 is 17.5 Å². The number of pyridine rings is 1. The summed E-state index contributed by atoms with van der Waals surface area (Å²) in [6.07, 6.45) is 6.05. The van der Waals surface area contributed by atoms with Gasteiger partial charge >= 0.3 is 0 Å². The molecule has 0 saturated heterocycles. The van der Waals surface area contributed by atoms with Crippen molar-refractivity contribution in [1.29, 1.82) is 0 Å². The Hall–Kier alpha value is -3.22. The van der Waals surface area contributed by atoms with Crippen molar-refractivity contribution in [3.63, 3.8) is 0 Å². The molecule has 0 radical (unpaired) electrons. The highest BCUT2D eigenvalue weighted by molar-refractivity contribution is 5.94. The summed E-state index contributed by atoms with van der Waals surface area (Å²) in [4.78, 5) is 32.4. The fourth-order valence-corrected chi connectivity index (χ4v) is 3.50. The molecule has 0 bridgehead atoms. The summed E-state index contributed by atoms with van der Waals surface area (Å²) in [7, 11) is 1.81. The van der Waals surface area contributed by atoms with Crippen molar-refractivity contribution in [2.45, 2.75) is 25.3 Å². The first kappa shape index (κ1) is 17.2. The van der Waals surface area contributed by atoms with E-state index in [0.29, 0.717) is 11.4 Å². The molecule has 4 rings (SSSR count). The van der Waals surface area contributed by atoms with E-state index >= 15 is 0 Å². The second-order valence-corrected chi connectivity index (χ2v) is 6.72. The minimum absolute atomic E-state index is 0.0805. The summed E-state index contributed by atoms with van der Waals surface area (Å²) in [5.41, 5.74) is 2.28. The third-order valence-electron chi connectivity index (χ3n) is 4.93. The van der Waals surface area contributed by atoms with Crippen LogP contribution in [0.3, 0.4) is 0 Å². The molecule has 0 spiro atoms. The van der Waals surface area contributed by atoms with Crippen molar-refractivity contribution < 1.29 is 9.18 Å². The van der Waals surface area contributed by atoms with Crippen LogP contribution in [-0.2, 0) is 19.9 Å². The average Bonchev–Trinajstić information content (AvgIpc) is 3.28. The number of nitrogens with zero attached hydrogens (tertiary/aromatic N) is 2. The third-order valence-corrected chi connectivity index (χ3v) is 4.93. The largest absolute Gasteiger partial charge is 0.338 e. The van der Waals surface area contributed by atoms with Crippen molar-refractivity contribution in [3.05, 3.63) is 87.1 Å². The number of H-pyrrole nitrogens is 1. The summed E-state index contributed by atoms with van der Waals surface area (Å²) in [5.74, 6) is -0.255. The van der Waals surface area contributed by atoms with Crippen molar-refractivity contribution in [1.82, 2.24) is 19.9 Å². The fraction of sp³-hybridized carbons (Fsp3) is 0.250. The van der Waals surface area contributed by atoms with Crippen LogP contribution >= 0.6 is 0 Å². The minimum Gasteiger partial charge on any atom is -0.338 e. The van der Waals surface area contributed by atoms with Crippen molar-refractivity contribution >= 4 is 5.91 Å². The molecule has 0 saturated carbocycles. The highest BCUT2D eigenvalue weighted by Crippen LogP contribution is 2.22. The Labute approximate surface area is 155 Å². The van der Waals surface area contributed by atoms with Crippen LogP contribution in [0.2, 0.25) is 0 Å². The van der Waals surface area contributed by atoms with Crippen LogP contribution < -0.4 is 10.9 Å². The number of amides is 1. The molecule has 138 valence electrons. The SMILES string of the molecule is Cn1ccnc1C(NC(=O)c1cc2c([nH]c1=O)CCC2)c1ccc(F)cc1. The van der Waals surface area contributed by atoms with Gasteiger partial charge in [0.2, 0.25) is 0 Å². The molecule has 3 aromatic rings. The van der Waals surface area contributed by atoms with Gasteiger partial charge in [0.15, 0.2) is 0 Å². The van der Waals surface area contributed by atoms with Gasteiger partial charge in [0.05, 0.1) is 0 Å². The summed E-state index contributed by atoms with van der Waals surface area (Å²) >= 11 is 0. The number of benzene rings is 1. The van der Waals surface area contributed by atoms with Crippen LogP contribution in [0.1, 0.15) is 45.5 Å². The van der Waals surface area contributed by atoms with Crippen LogP contribution in [-0.4, -0.2) is 20.4 Å². The van der Waals surface area contributed by atoms with E-state index in [-0.39, 0.29) is 11.4 Å². The summed E-state index contributed by atoms with van der Waals surface area (Å²) in [6, 6.07) is 6.94. The molecule has 2 aromatic heterocycles. The molecule has 1 aromatic carbocycles. The number of halogens is 1. The number of hydrogen-bond donors (Lipinski definition) is 2. The third kappa shape index (κ3) is 3.28. The average molecular weight is 366 g/mol. The Morgan fingerprint density at radius 3 is 2.78 bits per heavy atom. The van der Waals surface area contributed by atoms with Gasteiger partial charge in [-0.1, -0.05) is 12.1 Å². The predicted molar refractivity (Wildman–Crippen MR) is 98.0 cm³/mol. The lowest BCUT2D eigenvalue weighted by atomic mass is 10.0. The molecule has 1 amide bonds. The van der Waals surface area contributed by atoms with Gasteiger partial charge in [-0.25, -0.2) is 9.37 Å². The van der Waals surface area contributed by atoms with E-state index in [1.807, 2.05) is 7.05 Å². The quantitative estimate of drug-likeness (QED) is 0.743. The van der Waals surface area contributed by atoms with Crippen molar-refractivity contribution in [2.24, 2.45) is 7.05 Å². The predicted octanol–water partition coefficient (Wildman–Crippen LogP) is 2.26. The number of imidazole rings is 1. The Bertz CT molecular complexity index is 1050. The molecular formula is C20H19FN4O2. The van der Waals surface area contributed by atoms with Gasteiger partial charge in [0, 0.05) is 25.1 Å². The van der Waals surface area contributed by atoms with Gasteiger partial charge in [-0.05, 0) is 48.6 Å². The second-order valence-electron chi connectivity index (χ2n) is 6.72.